The maximum atomic E-state index is 12.9. The number of ether oxygens (including phenoxy) is 1. The Kier molecular flexibility index (Phi) is 5.76. The zero-order valence-electron chi connectivity index (χ0n) is 18.8. The Morgan fingerprint density at radius 2 is 1.76 bits per heavy atom. The number of rotatable bonds is 5. The van der Waals surface area contributed by atoms with E-state index >= 15 is 0 Å². The summed E-state index contributed by atoms with van der Waals surface area (Å²) in [5.41, 5.74) is 4.00. The topological polar surface area (TPSA) is 82.2 Å². The standard InChI is InChI=1S/C25H28N4O4/c1-33-20-5-3-19(4-6-20)28-12-10-27(11-13-28)15-17-2-7-21-18(14-17)16-29(25(21)32)22-8-9-23(30)26-24(22)31/h2-7,14,22H,8-13,15-16H2,1H3,(H,26,30,31). The first-order valence-corrected chi connectivity index (χ1v) is 11.4. The number of amides is 3. The molecule has 3 heterocycles. The third-order valence-electron chi connectivity index (χ3n) is 6.80. The molecular formula is C25H28N4O4. The van der Waals surface area contributed by atoms with Crippen LogP contribution in [0.2, 0.25) is 0 Å². The monoisotopic (exact) mass is 448 g/mol. The van der Waals surface area contributed by atoms with E-state index in [4.69, 9.17) is 4.74 Å². The van der Waals surface area contributed by atoms with Crippen molar-refractivity contribution in [2.75, 3.05) is 38.2 Å². The number of benzene rings is 2. The Labute approximate surface area is 193 Å². The number of fused-ring (bicyclic) bond motifs is 1. The van der Waals surface area contributed by atoms with E-state index < -0.39 is 6.04 Å². The molecule has 8 nitrogen and oxygen atoms in total. The highest BCUT2D eigenvalue weighted by Gasteiger charge is 2.39. The minimum absolute atomic E-state index is 0.126. The van der Waals surface area contributed by atoms with Crippen LogP contribution in [0.15, 0.2) is 42.5 Å². The first kappa shape index (κ1) is 21.5. The third kappa shape index (κ3) is 4.30. The van der Waals surface area contributed by atoms with Crippen LogP contribution in [0.1, 0.15) is 34.3 Å². The number of hydrogen-bond donors (Lipinski definition) is 1. The molecule has 8 heteroatoms. The van der Waals surface area contributed by atoms with E-state index in [-0.39, 0.29) is 24.1 Å². The summed E-state index contributed by atoms with van der Waals surface area (Å²) < 4.78 is 5.24. The van der Waals surface area contributed by atoms with Crippen LogP contribution in [0.5, 0.6) is 5.75 Å². The zero-order chi connectivity index (χ0) is 22.9. The van der Waals surface area contributed by atoms with E-state index in [0.717, 1.165) is 44.0 Å². The minimum Gasteiger partial charge on any atom is -0.497 e. The molecular weight excluding hydrogens is 420 g/mol. The molecule has 2 aromatic rings. The van der Waals surface area contributed by atoms with Gasteiger partial charge in [-0.3, -0.25) is 24.6 Å². The molecule has 2 aromatic carbocycles. The van der Waals surface area contributed by atoms with Gasteiger partial charge in [0, 0.05) is 56.9 Å². The number of piperazine rings is 1. The lowest BCUT2D eigenvalue weighted by Gasteiger charge is -2.36. The number of imide groups is 1. The SMILES string of the molecule is COc1ccc(N2CCN(Cc3ccc4c(c3)CN(C3CCC(=O)NC3=O)C4=O)CC2)cc1. The van der Waals surface area contributed by atoms with Gasteiger partial charge >= 0.3 is 0 Å². The highest BCUT2D eigenvalue weighted by Crippen LogP contribution is 2.29. The van der Waals surface area contributed by atoms with Gasteiger partial charge in [-0.25, -0.2) is 0 Å². The normalized spacial score (nSPS) is 21.2. The molecule has 0 aromatic heterocycles. The van der Waals surface area contributed by atoms with Gasteiger partial charge in [-0.1, -0.05) is 12.1 Å². The second kappa shape index (κ2) is 8.86. The first-order chi connectivity index (χ1) is 16.0. The predicted octanol–water partition coefficient (Wildman–Crippen LogP) is 1.78. The van der Waals surface area contributed by atoms with Gasteiger partial charge in [0.25, 0.3) is 5.91 Å². The van der Waals surface area contributed by atoms with Crippen molar-refractivity contribution in [3.8, 4) is 5.75 Å². The molecule has 2 saturated heterocycles. The van der Waals surface area contributed by atoms with Crippen LogP contribution >= 0.6 is 0 Å². The summed E-state index contributed by atoms with van der Waals surface area (Å²) in [6, 6.07) is 13.6. The Hall–Kier alpha value is -3.39. The molecule has 2 fully saturated rings. The molecule has 3 aliphatic rings. The maximum absolute atomic E-state index is 12.9. The van der Waals surface area contributed by atoms with E-state index in [2.05, 4.69) is 33.3 Å². The van der Waals surface area contributed by atoms with Crippen LogP contribution in [0, 0.1) is 0 Å². The summed E-state index contributed by atoms with van der Waals surface area (Å²) in [4.78, 5) is 43.0. The minimum atomic E-state index is -0.572. The van der Waals surface area contributed by atoms with Crippen molar-refractivity contribution in [3.63, 3.8) is 0 Å². The van der Waals surface area contributed by atoms with Crippen molar-refractivity contribution in [3.05, 3.63) is 59.2 Å². The average Bonchev–Trinajstić information content (AvgIpc) is 3.15. The van der Waals surface area contributed by atoms with Crippen LogP contribution in [-0.4, -0.2) is 66.9 Å². The molecule has 172 valence electrons. The number of carbonyl (C=O) groups is 3. The molecule has 0 saturated carbocycles. The lowest BCUT2D eigenvalue weighted by Crippen LogP contribution is -2.52. The van der Waals surface area contributed by atoms with Crippen molar-refractivity contribution < 1.29 is 19.1 Å². The fraction of sp³-hybridized carbons (Fsp3) is 0.400. The molecule has 0 bridgehead atoms. The summed E-state index contributed by atoms with van der Waals surface area (Å²) in [6.07, 6.45) is 0.653. The molecule has 0 radical (unpaired) electrons. The van der Waals surface area contributed by atoms with E-state index in [1.165, 1.54) is 11.3 Å². The molecule has 1 atom stereocenters. The third-order valence-corrected chi connectivity index (χ3v) is 6.80. The second-order valence-corrected chi connectivity index (χ2v) is 8.85. The summed E-state index contributed by atoms with van der Waals surface area (Å²) in [5.74, 6) is 0.0972. The fourth-order valence-electron chi connectivity index (χ4n) is 4.94. The van der Waals surface area contributed by atoms with Crippen molar-refractivity contribution in [2.45, 2.75) is 32.0 Å². The zero-order valence-corrected chi connectivity index (χ0v) is 18.8. The molecule has 0 aliphatic carbocycles. The van der Waals surface area contributed by atoms with Crippen molar-refractivity contribution in [2.24, 2.45) is 0 Å². The fourth-order valence-corrected chi connectivity index (χ4v) is 4.94. The van der Waals surface area contributed by atoms with Crippen molar-refractivity contribution in [1.29, 1.82) is 0 Å². The van der Waals surface area contributed by atoms with Gasteiger partial charge < -0.3 is 14.5 Å². The summed E-state index contributed by atoms with van der Waals surface area (Å²) in [7, 11) is 1.68. The number of anilines is 1. The van der Waals surface area contributed by atoms with Crippen LogP contribution in [-0.2, 0) is 22.7 Å². The van der Waals surface area contributed by atoms with Gasteiger partial charge in [0.2, 0.25) is 11.8 Å². The molecule has 1 N–H and O–H groups in total. The molecule has 1 unspecified atom stereocenters. The van der Waals surface area contributed by atoms with Gasteiger partial charge in [-0.2, -0.15) is 0 Å². The van der Waals surface area contributed by atoms with Gasteiger partial charge in [0.1, 0.15) is 11.8 Å². The largest absolute Gasteiger partial charge is 0.497 e. The number of nitrogens with zero attached hydrogens (tertiary/aromatic N) is 3. The van der Waals surface area contributed by atoms with Crippen molar-refractivity contribution >= 4 is 23.4 Å². The lowest BCUT2D eigenvalue weighted by atomic mass is 10.0. The molecule has 33 heavy (non-hydrogen) atoms. The highest BCUT2D eigenvalue weighted by molar-refractivity contribution is 6.05. The Morgan fingerprint density at radius 1 is 1.00 bits per heavy atom. The molecule has 3 amide bonds. The second-order valence-electron chi connectivity index (χ2n) is 8.85. The summed E-state index contributed by atoms with van der Waals surface area (Å²) in [6.45, 7) is 5.09. The summed E-state index contributed by atoms with van der Waals surface area (Å²) in [5, 5.41) is 2.35. The van der Waals surface area contributed by atoms with Crippen LogP contribution in [0.25, 0.3) is 0 Å². The van der Waals surface area contributed by atoms with E-state index in [0.29, 0.717) is 18.5 Å². The van der Waals surface area contributed by atoms with E-state index in [1.54, 1.807) is 12.0 Å². The van der Waals surface area contributed by atoms with Gasteiger partial charge in [-0.05, 0) is 47.9 Å². The van der Waals surface area contributed by atoms with Gasteiger partial charge in [0.05, 0.1) is 7.11 Å². The Balaban J connectivity index is 1.19. The lowest BCUT2D eigenvalue weighted by molar-refractivity contribution is -0.136. The quantitative estimate of drug-likeness (QED) is 0.703. The van der Waals surface area contributed by atoms with Crippen LogP contribution in [0.4, 0.5) is 5.69 Å². The van der Waals surface area contributed by atoms with E-state index in [9.17, 15) is 14.4 Å². The number of piperidine rings is 1. The van der Waals surface area contributed by atoms with Gasteiger partial charge in [-0.15, -0.1) is 0 Å². The predicted molar refractivity (Wildman–Crippen MR) is 123 cm³/mol. The van der Waals surface area contributed by atoms with Crippen LogP contribution < -0.4 is 15.0 Å². The Morgan fingerprint density at radius 3 is 2.45 bits per heavy atom. The maximum Gasteiger partial charge on any atom is 0.255 e. The number of hydrogen-bond acceptors (Lipinski definition) is 6. The number of methoxy groups -OCH3 is 1. The van der Waals surface area contributed by atoms with Gasteiger partial charge in [0.15, 0.2) is 0 Å². The van der Waals surface area contributed by atoms with Crippen molar-refractivity contribution in [1.82, 2.24) is 15.1 Å². The molecule has 3 aliphatic heterocycles. The molecule has 0 spiro atoms. The smallest absolute Gasteiger partial charge is 0.255 e. The van der Waals surface area contributed by atoms with E-state index in [1.807, 2.05) is 24.3 Å². The number of nitrogens with one attached hydrogen (secondary N) is 1. The Bertz CT molecular complexity index is 1080. The van der Waals surface area contributed by atoms with Crippen LogP contribution in [0.3, 0.4) is 0 Å². The first-order valence-electron chi connectivity index (χ1n) is 11.4. The number of carbonyl (C=O) groups excluding carboxylic acids is 3. The summed E-state index contributed by atoms with van der Waals surface area (Å²) >= 11 is 0. The highest BCUT2D eigenvalue weighted by atomic mass is 16.5. The molecule has 5 rings (SSSR count). The average molecular weight is 449 g/mol.